The van der Waals surface area contributed by atoms with Gasteiger partial charge in [0.05, 0.1) is 18.0 Å². The lowest BCUT2D eigenvalue weighted by molar-refractivity contribution is -0.125. The van der Waals surface area contributed by atoms with E-state index >= 15 is 0 Å². The minimum Gasteiger partial charge on any atom is -0.441 e. The molecule has 8 aromatic rings. The number of rotatable bonds is 31. The highest BCUT2D eigenvalue weighted by atomic mass is 35.5. The number of aliphatic hydroxyl groups excluding tert-OH is 3. The highest BCUT2D eigenvalue weighted by molar-refractivity contribution is 7.15. The van der Waals surface area contributed by atoms with Crippen LogP contribution in [0.25, 0.3) is 0 Å². The first kappa shape index (κ1) is 63.4. The molecule has 0 fully saturated rings. The second-order valence-corrected chi connectivity index (χ2v) is 23.5. The number of aromatic nitrogens is 8. The Morgan fingerprint density at radius 1 is 0.576 bits per heavy atom. The molecule has 3 amide bonds. The summed E-state index contributed by atoms with van der Waals surface area (Å²) in [5.74, 6) is -0.835. The van der Waals surface area contributed by atoms with Crippen molar-refractivity contribution in [3.05, 3.63) is 186 Å². The van der Waals surface area contributed by atoms with Crippen molar-refractivity contribution in [2.24, 2.45) is 5.73 Å². The van der Waals surface area contributed by atoms with Gasteiger partial charge in [-0.3, -0.25) is 9.59 Å². The van der Waals surface area contributed by atoms with Gasteiger partial charge in [0.2, 0.25) is 10.3 Å². The summed E-state index contributed by atoms with van der Waals surface area (Å²) in [6, 6.07) is 35.2. The van der Waals surface area contributed by atoms with Gasteiger partial charge >= 0.3 is 6.09 Å². The molecule has 26 heteroatoms. The van der Waals surface area contributed by atoms with Crippen molar-refractivity contribution in [3.8, 4) is 0 Å². The molecule has 4 unspecified atom stereocenters. The molecule has 4 aromatic carbocycles. The Bertz CT molecular complexity index is 3450. The molecule has 8 rings (SSSR count). The standard InChI is InChI=1S/C59H66Cl2N14O8S2/c1-59(2,35-82-49(30-37-12-7-13-38(27-37)33-62)67-57-75-73-51(85-57)22-6-4-20-45-24-26-47(71-69-45)65-55(80)53(78)41-16-10-18-43(61)32-41)83-58(81)63-34-39-14-8-11-36(28-39)29-48(76)66-56-74-72-50(84-56)21-5-3-19-44-23-25-46(70-68-44)64-54(79)52(77)40-15-9-17-42(60)31-40/h7-18,23-28,31-32,48-49,52-53,76-78H,3-6,19-22,29-30,33-35,62H2,1-2H3,(H,63,81)(H,66,74)(H,67,75)(H,64,70,79)(H,65,71,80). The average molecular weight is 1230 g/mol. The topological polar surface area (TPSA) is 320 Å². The van der Waals surface area contributed by atoms with Crippen LogP contribution in [0.5, 0.6) is 0 Å². The average Bonchev–Trinajstić information content (AvgIpc) is 4.31. The molecule has 0 saturated heterocycles. The van der Waals surface area contributed by atoms with Gasteiger partial charge in [0.25, 0.3) is 11.8 Å². The van der Waals surface area contributed by atoms with E-state index in [1.807, 2.05) is 48.5 Å². The molecule has 446 valence electrons. The fourth-order valence-corrected chi connectivity index (χ4v) is 10.7. The normalized spacial score (nSPS) is 12.8. The molecule has 4 atom stereocenters. The number of aliphatic hydroxyl groups is 3. The summed E-state index contributed by atoms with van der Waals surface area (Å²) >= 11 is 14.8. The summed E-state index contributed by atoms with van der Waals surface area (Å²) < 4.78 is 12.3. The molecule has 0 aliphatic carbocycles. The summed E-state index contributed by atoms with van der Waals surface area (Å²) in [4.78, 5) is 38.3. The zero-order chi connectivity index (χ0) is 60.1. The zero-order valence-corrected chi connectivity index (χ0v) is 49.8. The van der Waals surface area contributed by atoms with Crippen molar-refractivity contribution < 1.29 is 39.2 Å². The predicted octanol–water partition coefficient (Wildman–Crippen LogP) is 8.89. The third-order valence-electron chi connectivity index (χ3n) is 12.9. The van der Waals surface area contributed by atoms with Crippen LogP contribution in [-0.2, 0) is 70.7 Å². The Hall–Kier alpha value is -7.65. The minimum atomic E-state index is -1.41. The maximum Gasteiger partial charge on any atom is 0.408 e. The van der Waals surface area contributed by atoms with E-state index in [2.05, 4.69) is 67.4 Å². The number of aryl methyl sites for hydroxylation is 4. The number of hydrogen-bond acceptors (Lipinski definition) is 21. The Kier molecular flexibility index (Phi) is 23.5. The summed E-state index contributed by atoms with van der Waals surface area (Å²) in [5.41, 5.74) is 10.8. The Labute approximate surface area is 509 Å². The highest BCUT2D eigenvalue weighted by Gasteiger charge is 2.27. The van der Waals surface area contributed by atoms with Crippen molar-refractivity contribution in [3.63, 3.8) is 0 Å². The number of nitrogens with one attached hydrogen (secondary N) is 5. The first-order valence-electron chi connectivity index (χ1n) is 27.5. The van der Waals surface area contributed by atoms with E-state index in [1.54, 1.807) is 74.5 Å². The monoisotopic (exact) mass is 1230 g/mol. The van der Waals surface area contributed by atoms with Crippen molar-refractivity contribution in [1.82, 2.24) is 46.1 Å². The van der Waals surface area contributed by atoms with Gasteiger partial charge in [0.1, 0.15) is 28.1 Å². The molecule has 0 aliphatic heterocycles. The lowest BCUT2D eigenvalue weighted by atomic mass is 10.1. The molecule has 10 N–H and O–H groups in total. The quantitative estimate of drug-likeness (QED) is 0.0145. The van der Waals surface area contributed by atoms with Gasteiger partial charge in [-0.25, -0.2) is 4.79 Å². The number of carbonyl (C=O) groups excluding carboxylic acids is 3. The zero-order valence-electron chi connectivity index (χ0n) is 46.7. The van der Waals surface area contributed by atoms with Gasteiger partial charge in [-0.2, -0.15) is 10.2 Å². The van der Waals surface area contributed by atoms with E-state index in [4.69, 9.17) is 38.4 Å². The minimum absolute atomic E-state index is 0.0501. The third kappa shape index (κ3) is 20.8. The molecule has 4 heterocycles. The maximum atomic E-state index is 13.2. The van der Waals surface area contributed by atoms with Crippen LogP contribution in [0, 0.1) is 0 Å². The number of unbranched alkanes of at least 4 members (excludes halogenated alkanes) is 2. The number of alkyl carbamates (subject to hydrolysis) is 1. The first-order valence-corrected chi connectivity index (χ1v) is 29.8. The number of nitrogens with two attached hydrogens (primary N) is 1. The Morgan fingerprint density at radius 3 is 1.60 bits per heavy atom. The fourth-order valence-electron chi connectivity index (χ4n) is 8.62. The number of ether oxygens (including phenoxy) is 2. The molecule has 4 aromatic heterocycles. The molecule has 0 spiro atoms. The van der Waals surface area contributed by atoms with Crippen LogP contribution in [-0.4, -0.2) is 98.7 Å². The van der Waals surface area contributed by atoms with E-state index in [9.17, 15) is 29.7 Å². The smallest absolute Gasteiger partial charge is 0.408 e. The van der Waals surface area contributed by atoms with Crippen LogP contribution in [0.3, 0.4) is 0 Å². The van der Waals surface area contributed by atoms with Crippen molar-refractivity contribution in [2.45, 2.75) is 121 Å². The van der Waals surface area contributed by atoms with Gasteiger partial charge in [-0.05, 0) is 134 Å². The van der Waals surface area contributed by atoms with E-state index in [0.717, 1.165) is 69.3 Å². The number of hydrogen-bond donors (Lipinski definition) is 9. The van der Waals surface area contributed by atoms with Crippen molar-refractivity contribution in [2.75, 3.05) is 27.9 Å². The maximum absolute atomic E-state index is 13.2. The summed E-state index contributed by atoms with van der Waals surface area (Å²) in [7, 11) is 0. The van der Waals surface area contributed by atoms with Gasteiger partial charge in [-0.1, -0.05) is 119 Å². The number of halogens is 2. The van der Waals surface area contributed by atoms with E-state index < -0.39 is 48.2 Å². The number of amides is 3. The summed E-state index contributed by atoms with van der Waals surface area (Å²) in [6.45, 7) is 4.16. The largest absolute Gasteiger partial charge is 0.441 e. The van der Waals surface area contributed by atoms with Gasteiger partial charge in [-0.15, -0.1) is 30.6 Å². The molecule has 22 nitrogen and oxygen atoms in total. The van der Waals surface area contributed by atoms with Gasteiger partial charge in [0, 0.05) is 48.8 Å². The number of nitrogens with zero attached hydrogens (tertiary/aromatic N) is 8. The molecule has 0 saturated carbocycles. The number of benzene rings is 4. The van der Waals surface area contributed by atoms with Crippen LogP contribution < -0.4 is 32.3 Å². The summed E-state index contributed by atoms with van der Waals surface area (Å²) in [6.07, 6.45) is 1.71. The highest BCUT2D eigenvalue weighted by Crippen LogP contribution is 2.25. The molecular formula is C59H66Cl2N14O8S2. The molecular weight excluding hydrogens is 1170 g/mol. The van der Waals surface area contributed by atoms with Crippen LogP contribution >= 0.6 is 45.9 Å². The first-order chi connectivity index (χ1) is 41.0. The molecule has 0 radical (unpaired) electrons. The molecule has 0 bridgehead atoms. The Balaban J connectivity index is 0.729. The molecule has 0 aliphatic rings. The number of anilines is 4. The third-order valence-corrected chi connectivity index (χ3v) is 15.2. The van der Waals surface area contributed by atoms with E-state index in [1.165, 1.54) is 34.8 Å². The van der Waals surface area contributed by atoms with Gasteiger partial charge in [0.15, 0.2) is 23.8 Å². The van der Waals surface area contributed by atoms with E-state index in [0.29, 0.717) is 70.1 Å². The van der Waals surface area contributed by atoms with Crippen LogP contribution in [0.4, 0.5) is 26.7 Å². The van der Waals surface area contributed by atoms with Crippen LogP contribution in [0.1, 0.15) is 107 Å². The van der Waals surface area contributed by atoms with Crippen LogP contribution in [0.15, 0.2) is 121 Å². The lowest BCUT2D eigenvalue weighted by Gasteiger charge is -2.28. The SMILES string of the molecule is CC(C)(COC(Cc1cccc(CN)c1)Nc1nnc(CCCCc2ccc(NC(=O)C(O)c3cccc(Cl)c3)nn2)s1)OC(=O)NCc1cccc(CC(O)Nc2nnc(CCCCc3ccc(NC(=O)C(O)c4cccc(Cl)c4)nn3)s2)c1. The number of carbonyl (C=O) groups is 3. The van der Waals surface area contributed by atoms with Crippen molar-refractivity contribution >= 4 is 85.7 Å². The second kappa shape index (κ2) is 31.5. The van der Waals surface area contributed by atoms with Gasteiger partial charge < -0.3 is 57.1 Å². The van der Waals surface area contributed by atoms with E-state index in [-0.39, 0.29) is 31.2 Å². The van der Waals surface area contributed by atoms with Crippen molar-refractivity contribution in [1.29, 1.82) is 0 Å². The summed E-state index contributed by atoms with van der Waals surface area (Å²) in [5, 5.41) is 83.7. The lowest BCUT2D eigenvalue weighted by Crippen LogP contribution is -2.40. The Morgan fingerprint density at radius 2 is 1.07 bits per heavy atom. The molecule has 85 heavy (non-hydrogen) atoms. The van der Waals surface area contributed by atoms with Crippen LogP contribution in [0.2, 0.25) is 10.0 Å². The fraction of sp³-hybridized carbons (Fsp3) is 0.339. The predicted molar refractivity (Wildman–Crippen MR) is 326 cm³/mol. The second-order valence-electron chi connectivity index (χ2n) is 20.5.